The Hall–Kier alpha value is -6.64. The average molecular weight is 695 g/mol. The Kier molecular flexibility index (Phi) is 8.86. The zero-order chi connectivity index (χ0) is 36.4. The molecule has 0 radical (unpaired) electrons. The summed E-state index contributed by atoms with van der Waals surface area (Å²) < 4.78 is 0. The predicted octanol–water partition coefficient (Wildman–Crippen LogP) is 14.8. The number of para-hydroxylation sites is 3. The number of hydrogen-bond donors (Lipinski definition) is 0. The van der Waals surface area contributed by atoms with Gasteiger partial charge in [-0.3, -0.25) is 0 Å². The fraction of sp³-hybridized carbons (Fsp3) is 0.0769. The van der Waals surface area contributed by atoms with Gasteiger partial charge in [0.15, 0.2) is 0 Å². The maximum absolute atomic E-state index is 2.37. The maximum atomic E-state index is 2.37. The quantitative estimate of drug-likeness (QED) is 0.146. The van der Waals surface area contributed by atoms with Crippen molar-refractivity contribution in [1.29, 1.82) is 0 Å². The van der Waals surface area contributed by atoms with Crippen LogP contribution in [0.4, 0.5) is 28.4 Å². The molecule has 0 aromatic heterocycles. The van der Waals surface area contributed by atoms with Gasteiger partial charge in [0.05, 0.1) is 0 Å². The Morgan fingerprint density at radius 2 is 0.778 bits per heavy atom. The van der Waals surface area contributed by atoms with Gasteiger partial charge in [-0.25, -0.2) is 0 Å². The predicted molar refractivity (Wildman–Crippen MR) is 232 cm³/mol. The summed E-state index contributed by atoms with van der Waals surface area (Å²) in [4.78, 5) is 4.69. The molecule has 8 aromatic rings. The van der Waals surface area contributed by atoms with Crippen LogP contribution >= 0.6 is 0 Å². The lowest BCUT2D eigenvalue weighted by Crippen LogP contribution is -2.16. The van der Waals surface area contributed by atoms with Crippen molar-refractivity contribution in [2.24, 2.45) is 0 Å². The molecule has 0 N–H and O–H groups in total. The van der Waals surface area contributed by atoms with E-state index in [0.29, 0.717) is 0 Å². The van der Waals surface area contributed by atoms with E-state index in [0.717, 1.165) is 41.3 Å². The van der Waals surface area contributed by atoms with Crippen molar-refractivity contribution in [2.45, 2.75) is 26.7 Å². The largest absolute Gasteiger partial charge is 0.311 e. The Morgan fingerprint density at radius 3 is 1.20 bits per heavy atom. The number of fused-ring (bicyclic) bond motifs is 2. The van der Waals surface area contributed by atoms with Crippen LogP contribution in [0.3, 0.4) is 0 Å². The van der Waals surface area contributed by atoms with Crippen molar-refractivity contribution in [3.63, 3.8) is 0 Å². The molecular weight excluding hydrogens is 653 g/mol. The first-order valence-electron chi connectivity index (χ1n) is 18.9. The summed E-state index contributed by atoms with van der Waals surface area (Å²) in [6.45, 7) is 4.40. The van der Waals surface area contributed by atoms with Crippen LogP contribution in [0.5, 0.6) is 0 Å². The highest BCUT2D eigenvalue weighted by Gasteiger charge is 2.20. The summed E-state index contributed by atoms with van der Waals surface area (Å²) in [5, 5.41) is 5.06. The van der Waals surface area contributed by atoms with E-state index in [4.69, 9.17) is 0 Å². The number of nitrogens with zero attached hydrogens (tertiary/aromatic N) is 2. The maximum Gasteiger partial charge on any atom is 0.0462 e. The fourth-order valence-corrected chi connectivity index (χ4v) is 8.02. The van der Waals surface area contributed by atoms with E-state index < -0.39 is 0 Å². The molecule has 0 unspecified atom stereocenters. The van der Waals surface area contributed by atoms with Gasteiger partial charge in [0.2, 0.25) is 0 Å². The first-order chi connectivity index (χ1) is 26.6. The van der Waals surface area contributed by atoms with E-state index in [1.807, 2.05) is 0 Å². The fourth-order valence-electron chi connectivity index (χ4n) is 8.02. The van der Waals surface area contributed by atoms with Gasteiger partial charge < -0.3 is 9.80 Å². The first-order valence-corrected chi connectivity index (χ1v) is 18.9. The number of rotatable bonds is 8. The first kappa shape index (κ1) is 33.2. The number of anilines is 5. The van der Waals surface area contributed by atoms with E-state index >= 15 is 0 Å². The average Bonchev–Trinajstić information content (AvgIpc) is 3.22. The summed E-state index contributed by atoms with van der Waals surface area (Å²) in [7, 11) is 0. The highest BCUT2D eigenvalue weighted by Crippen LogP contribution is 2.46. The molecule has 54 heavy (non-hydrogen) atoms. The summed E-state index contributed by atoms with van der Waals surface area (Å²) in [6.07, 6.45) is 9.02. The van der Waals surface area contributed by atoms with Crippen LogP contribution in [0, 0.1) is 13.8 Å². The van der Waals surface area contributed by atoms with Crippen molar-refractivity contribution in [1.82, 2.24) is 0 Å². The third-order valence-electron chi connectivity index (χ3n) is 10.5. The van der Waals surface area contributed by atoms with E-state index in [9.17, 15) is 0 Å². The summed E-state index contributed by atoms with van der Waals surface area (Å²) in [5.74, 6) is 0. The molecule has 1 aliphatic rings. The van der Waals surface area contributed by atoms with E-state index in [-0.39, 0.29) is 0 Å². The van der Waals surface area contributed by atoms with Crippen LogP contribution < -0.4 is 9.80 Å². The molecule has 1 aliphatic carbocycles. The lowest BCUT2D eigenvalue weighted by atomic mass is 9.85. The normalized spacial score (nSPS) is 12.5. The molecule has 0 bridgehead atoms. The second-order valence-electron chi connectivity index (χ2n) is 14.2. The number of hydrogen-bond acceptors (Lipinski definition) is 2. The Bertz CT molecular complexity index is 2600. The minimum absolute atomic E-state index is 1.05. The van der Waals surface area contributed by atoms with Crippen LogP contribution in [0.15, 0.2) is 200 Å². The molecule has 0 saturated heterocycles. The lowest BCUT2D eigenvalue weighted by Gasteiger charge is -2.28. The van der Waals surface area contributed by atoms with Crippen molar-refractivity contribution in [3.8, 4) is 22.3 Å². The van der Waals surface area contributed by atoms with Gasteiger partial charge in [-0.15, -0.1) is 0 Å². The van der Waals surface area contributed by atoms with Crippen LogP contribution in [0.1, 0.15) is 24.0 Å². The monoisotopic (exact) mass is 694 g/mol. The zero-order valence-electron chi connectivity index (χ0n) is 30.8. The highest BCUT2D eigenvalue weighted by atomic mass is 15.1. The molecule has 0 fully saturated rings. The summed E-state index contributed by atoms with van der Waals surface area (Å²) in [5.41, 5.74) is 14.4. The van der Waals surface area contributed by atoms with Crippen molar-refractivity contribution in [2.75, 3.05) is 9.80 Å². The molecular formula is C52H42N2. The van der Waals surface area contributed by atoms with Gasteiger partial charge in [0.1, 0.15) is 0 Å². The summed E-state index contributed by atoms with van der Waals surface area (Å²) in [6, 6.07) is 64.1. The minimum Gasteiger partial charge on any atom is -0.311 e. The molecule has 260 valence electrons. The third-order valence-corrected chi connectivity index (χ3v) is 10.5. The van der Waals surface area contributed by atoms with Gasteiger partial charge >= 0.3 is 0 Å². The van der Waals surface area contributed by atoms with Crippen molar-refractivity contribution in [3.05, 3.63) is 211 Å². The molecule has 0 atom stereocenters. The minimum atomic E-state index is 1.05. The van der Waals surface area contributed by atoms with Gasteiger partial charge in [0.25, 0.3) is 0 Å². The van der Waals surface area contributed by atoms with Gasteiger partial charge in [-0.2, -0.15) is 0 Å². The van der Waals surface area contributed by atoms with Gasteiger partial charge in [0, 0.05) is 34.1 Å². The third kappa shape index (κ3) is 6.27. The summed E-state index contributed by atoms with van der Waals surface area (Å²) >= 11 is 0. The van der Waals surface area contributed by atoms with Gasteiger partial charge in [-0.05, 0) is 137 Å². The molecule has 0 amide bonds. The molecule has 8 aromatic carbocycles. The SMILES string of the molecule is Cc1ccc2c(-c3ccc(N(c4ccccc4)c4ccccc4)cc3)c3cc(C)ccc3c(-c3ccc(N(C4=CCCC=C4)c4ccccc4)cc3)c2c1. The van der Waals surface area contributed by atoms with E-state index in [1.54, 1.807) is 0 Å². The van der Waals surface area contributed by atoms with Crippen LogP contribution in [0.25, 0.3) is 43.8 Å². The number of allylic oxidation sites excluding steroid dienone is 3. The molecule has 0 aliphatic heterocycles. The van der Waals surface area contributed by atoms with Crippen LogP contribution in [-0.2, 0) is 0 Å². The molecule has 2 heteroatoms. The highest BCUT2D eigenvalue weighted by molar-refractivity contribution is 6.21. The Morgan fingerprint density at radius 1 is 0.370 bits per heavy atom. The number of aryl methyl sites for hydroxylation is 2. The van der Waals surface area contributed by atoms with Crippen LogP contribution in [0.2, 0.25) is 0 Å². The second kappa shape index (κ2) is 14.4. The topological polar surface area (TPSA) is 6.48 Å². The van der Waals surface area contributed by atoms with E-state index in [2.05, 4.69) is 218 Å². The zero-order valence-corrected chi connectivity index (χ0v) is 30.8. The smallest absolute Gasteiger partial charge is 0.0462 e. The molecule has 2 nitrogen and oxygen atoms in total. The molecule has 0 spiro atoms. The molecule has 9 rings (SSSR count). The standard InChI is InChI=1S/C52H42N2/c1-37-23-33-47-49(35-37)51(39-25-29-45(30-26-39)53(41-15-7-3-8-16-41)42-17-9-4-10-18-42)48-34-24-38(2)36-50(48)52(47)40-27-31-46(32-28-40)54(43-19-11-5-12-20-43)44-21-13-6-14-22-44/h3-5,7-13,15-36H,6,14H2,1-2H3. The van der Waals surface area contributed by atoms with E-state index in [1.165, 1.54) is 60.6 Å². The Labute approximate surface area is 318 Å². The van der Waals surface area contributed by atoms with Gasteiger partial charge in [-0.1, -0.05) is 139 Å². The Balaban J connectivity index is 1.19. The van der Waals surface area contributed by atoms with Crippen LogP contribution in [-0.4, -0.2) is 0 Å². The second-order valence-corrected chi connectivity index (χ2v) is 14.2. The molecule has 0 saturated carbocycles. The number of benzene rings is 8. The molecule has 0 heterocycles. The van der Waals surface area contributed by atoms with Crippen molar-refractivity contribution < 1.29 is 0 Å². The lowest BCUT2D eigenvalue weighted by molar-refractivity contribution is 0.997. The van der Waals surface area contributed by atoms with Crippen molar-refractivity contribution >= 4 is 50.0 Å².